The molecule has 2 aromatic heterocycles. The lowest BCUT2D eigenvalue weighted by Gasteiger charge is -2.14. The molecule has 0 radical (unpaired) electrons. The molecule has 3 rings (SSSR count). The summed E-state index contributed by atoms with van der Waals surface area (Å²) in [5.41, 5.74) is 2.22. The van der Waals surface area contributed by atoms with Gasteiger partial charge in [0, 0.05) is 18.0 Å². The Balaban J connectivity index is 1.82. The van der Waals surface area contributed by atoms with Gasteiger partial charge in [-0.15, -0.1) is 0 Å². The summed E-state index contributed by atoms with van der Waals surface area (Å²) < 4.78 is 20.7. The summed E-state index contributed by atoms with van der Waals surface area (Å²) in [5.74, 6) is 0.169. The molecule has 0 aliphatic carbocycles. The fourth-order valence-corrected chi connectivity index (χ4v) is 2.85. The number of aromatic nitrogens is 2. The molecule has 0 fully saturated rings. The van der Waals surface area contributed by atoms with Crippen molar-refractivity contribution in [3.8, 4) is 5.75 Å². The summed E-state index contributed by atoms with van der Waals surface area (Å²) in [5, 5.41) is 0. The summed E-state index contributed by atoms with van der Waals surface area (Å²) in [4.78, 5) is 16.9. The fourth-order valence-electron chi connectivity index (χ4n) is 2.41. The van der Waals surface area contributed by atoms with Crippen LogP contribution < -0.4 is 10.3 Å². The molecular formula is C19H16BrFN2O2. The van der Waals surface area contributed by atoms with Gasteiger partial charge >= 0.3 is 0 Å². The molecule has 0 atom stereocenters. The molecule has 6 heteroatoms. The van der Waals surface area contributed by atoms with Crippen molar-refractivity contribution in [3.63, 3.8) is 0 Å². The Morgan fingerprint density at radius 3 is 2.64 bits per heavy atom. The summed E-state index contributed by atoms with van der Waals surface area (Å²) in [7, 11) is 0. The van der Waals surface area contributed by atoms with E-state index in [-0.39, 0.29) is 18.0 Å². The van der Waals surface area contributed by atoms with E-state index < -0.39 is 0 Å². The van der Waals surface area contributed by atoms with Gasteiger partial charge in [-0.1, -0.05) is 18.2 Å². The van der Waals surface area contributed by atoms with Crippen LogP contribution in [0.2, 0.25) is 0 Å². The van der Waals surface area contributed by atoms with Crippen LogP contribution in [0.25, 0.3) is 0 Å². The van der Waals surface area contributed by atoms with Crippen LogP contribution in [-0.2, 0) is 13.2 Å². The number of nitrogens with zero attached hydrogens (tertiary/aromatic N) is 2. The standard InChI is InChI=1S/C19H16BrFN2O2/c1-13-10-17(25-12-14-5-7-15(21)8-6-14)18(20)19(24)23(13)11-16-4-2-3-9-22-16/h2-10H,11-12H2,1H3. The number of hydrogen-bond donors (Lipinski definition) is 0. The van der Waals surface area contributed by atoms with Crippen LogP contribution in [0, 0.1) is 12.7 Å². The first kappa shape index (κ1) is 17.4. The minimum absolute atomic E-state index is 0.181. The maximum atomic E-state index is 12.9. The lowest BCUT2D eigenvalue weighted by Crippen LogP contribution is -2.24. The molecule has 128 valence electrons. The highest BCUT2D eigenvalue weighted by Gasteiger charge is 2.13. The zero-order chi connectivity index (χ0) is 17.8. The number of rotatable bonds is 5. The minimum atomic E-state index is -0.294. The normalized spacial score (nSPS) is 10.7. The van der Waals surface area contributed by atoms with E-state index >= 15 is 0 Å². The van der Waals surface area contributed by atoms with Gasteiger partial charge in [-0.25, -0.2) is 4.39 Å². The van der Waals surface area contributed by atoms with E-state index in [0.29, 0.717) is 16.8 Å². The molecule has 0 aliphatic heterocycles. The Morgan fingerprint density at radius 1 is 1.20 bits per heavy atom. The SMILES string of the molecule is Cc1cc(OCc2ccc(F)cc2)c(Br)c(=O)n1Cc1ccccn1. The molecule has 4 nitrogen and oxygen atoms in total. The van der Waals surface area contributed by atoms with E-state index in [2.05, 4.69) is 20.9 Å². The number of halogens is 2. The average molecular weight is 403 g/mol. The Bertz CT molecular complexity index is 925. The highest BCUT2D eigenvalue weighted by atomic mass is 79.9. The third kappa shape index (κ3) is 4.14. The molecular weight excluding hydrogens is 387 g/mol. The van der Waals surface area contributed by atoms with Crippen molar-refractivity contribution in [1.82, 2.24) is 9.55 Å². The highest BCUT2D eigenvalue weighted by molar-refractivity contribution is 9.10. The molecule has 0 bridgehead atoms. The number of hydrogen-bond acceptors (Lipinski definition) is 3. The zero-order valence-corrected chi connectivity index (χ0v) is 15.2. The van der Waals surface area contributed by atoms with E-state index in [1.54, 1.807) is 29.0 Å². The fraction of sp³-hybridized carbons (Fsp3) is 0.158. The lowest BCUT2D eigenvalue weighted by molar-refractivity contribution is 0.302. The van der Waals surface area contributed by atoms with Gasteiger partial charge in [0.2, 0.25) is 0 Å². The molecule has 0 amide bonds. The molecule has 0 unspecified atom stereocenters. The number of ether oxygens (including phenoxy) is 1. The van der Waals surface area contributed by atoms with Crippen LogP contribution in [0.15, 0.2) is 64.0 Å². The molecule has 3 aromatic rings. The van der Waals surface area contributed by atoms with E-state index in [0.717, 1.165) is 17.0 Å². The number of benzene rings is 1. The van der Waals surface area contributed by atoms with Gasteiger partial charge < -0.3 is 9.30 Å². The van der Waals surface area contributed by atoms with Crippen molar-refractivity contribution in [2.24, 2.45) is 0 Å². The first-order valence-electron chi connectivity index (χ1n) is 7.71. The van der Waals surface area contributed by atoms with Crippen molar-refractivity contribution in [2.45, 2.75) is 20.1 Å². The van der Waals surface area contributed by atoms with Gasteiger partial charge in [0.05, 0.1) is 12.2 Å². The second-order valence-electron chi connectivity index (χ2n) is 5.59. The maximum Gasteiger partial charge on any atom is 0.269 e. The van der Waals surface area contributed by atoms with Gasteiger partial charge in [-0.2, -0.15) is 0 Å². The molecule has 0 N–H and O–H groups in total. The monoisotopic (exact) mass is 402 g/mol. The van der Waals surface area contributed by atoms with Crippen molar-refractivity contribution in [1.29, 1.82) is 0 Å². The van der Waals surface area contributed by atoms with Crippen LogP contribution in [0.5, 0.6) is 5.75 Å². The molecule has 1 aromatic carbocycles. The van der Waals surface area contributed by atoms with E-state index in [9.17, 15) is 9.18 Å². The van der Waals surface area contributed by atoms with Crippen LogP contribution in [-0.4, -0.2) is 9.55 Å². The molecule has 0 saturated heterocycles. The summed E-state index contributed by atoms with van der Waals surface area (Å²) in [6, 6.07) is 13.5. The Hall–Kier alpha value is -2.47. The third-order valence-corrected chi connectivity index (χ3v) is 4.50. The molecule has 2 heterocycles. The van der Waals surface area contributed by atoms with Crippen molar-refractivity contribution < 1.29 is 9.13 Å². The number of aryl methyl sites for hydroxylation is 1. The maximum absolute atomic E-state index is 12.9. The van der Waals surface area contributed by atoms with Gasteiger partial charge in [-0.05, 0) is 52.7 Å². The van der Waals surface area contributed by atoms with E-state index in [1.165, 1.54) is 12.1 Å². The third-order valence-electron chi connectivity index (χ3n) is 3.77. The molecule has 0 aliphatic rings. The highest BCUT2D eigenvalue weighted by Crippen LogP contribution is 2.23. The second kappa shape index (κ2) is 7.61. The summed E-state index contributed by atoms with van der Waals surface area (Å²) in [6.45, 7) is 2.49. The van der Waals surface area contributed by atoms with Crippen LogP contribution in [0.4, 0.5) is 4.39 Å². The Morgan fingerprint density at radius 2 is 1.96 bits per heavy atom. The van der Waals surface area contributed by atoms with Gasteiger partial charge in [0.15, 0.2) is 0 Å². The predicted octanol–water partition coefficient (Wildman–Crippen LogP) is 4.08. The Kier molecular flexibility index (Phi) is 5.28. The number of pyridine rings is 2. The van der Waals surface area contributed by atoms with Crippen LogP contribution >= 0.6 is 15.9 Å². The minimum Gasteiger partial charge on any atom is -0.487 e. The summed E-state index contributed by atoms with van der Waals surface area (Å²) in [6.07, 6.45) is 1.70. The van der Waals surface area contributed by atoms with Gasteiger partial charge in [0.25, 0.3) is 5.56 Å². The van der Waals surface area contributed by atoms with E-state index in [4.69, 9.17) is 4.74 Å². The van der Waals surface area contributed by atoms with Gasteiger partial charge in [-0.3, -0.25) is 9.78 Å². The summed E-state index contributed by atoms with van der Waals surface area (Å²) >= 11 is 3.33. The van der Waals surface area contributed by atoms with E-state index in [1.807, 2.05) is 25.1 Å². The first-order valence-corrected chi connectivity index (χ1v) is 8.51. The topological polar surface area (TPSA) is 44.1 Å². The van der Waals surface area contributed by atoms with Crippen molar-refractivity contribution >= 4 is 15.9 Å². The molecule has 25 heavy (non-hydrogen) atoms. The zero-order valence-electron chi connectivity index (χ0n) is 13.6. The second-order valence-corrected chi connectivity index (χ2v) is 6.38. The Labute approximate surface area is 153 Å². The predicted molar refractivity (Wildman–Crippen MR) is 97.2 cm³/mol. The lowest BCUT2D eigenvalue weighted by atomic mass is 10.2. The van der Waals surface area contributed by atoms with Gasteiger partial charge in [0.1, 0.15) is 22.6 Å². The largest absolute Gasteiger partial charge is 0.487 e. The molecule has 0 spiro atoms. The van der Waals surface area contributed by atoms with Crippen molar-refractivity contribution in [3.05, 3.63) is 92.3 Å². The first-order chi connectivity index (χ1) is 12.0. The average Bonchev–Trinajstić information content (AvgIpc) is 2.63. The van der Waals surface area contributed by atoms with Crippen LogP contribution in [0.3, 0.4) is 0 Å². The van der Waals surface area contributed by atoms with Crippen LogP contribution in [0.1, 0.15) is 17.0 Å². The molecule has 0 saturated carbocycles. The quantitative estimate of drug-likeness (QED) is 0.645. The van der Waals surface area contributed by atoms with Crippen molar-refractivity contribution in [2.75, 3.05) is 0 Å². The smallest absolute Gasteiger partial charge is 0.269 e.